The van der Waals surface area contributed by atoms with Crippen molar-refractivity contribution in [3.63, 3.8) is 0 Å². The summed E-state index contributed by atoms with van der Waals surface area (Å²) in [5.41, 5.74) is 0.478. The molecule has 0 aromatic heterocycles. The Morgan fingerprint density at radius 1 is 1.11 bits per heavy atom. The zero-order valence-corrected chi connectivity index (χ0v) is 16.3. The Bertz CT molecular complexity index is 731. The molecule has 0 radical (unpaired) electrons. The molecule has 0 bridgehead atoms. The number of rotatable bonds is 9. The van der Waals surface area contributed by atoms with Crippen LogP contribution in [0.25, 0.3) is 0 Å². The molecule has 2 atom stereocenters. The summed E-state index contributed by atoms with van der Waals surface area (Å²) in [5.74, 6) is -0.581. The van der Waals surface area contributed by atoms with Gasteiger partial charge in [0.25, 0.3) is 0 Å². The maximum absolute atomic E-state index is 12.4. The van der Waals surface area contributed by atoms with Gasteiger partial charge in [0.15, 0.2) is 6.10 Å². The molecule has 152 valence electrons. The van der Waals surface area contributed by atoms with Crippen molar-refractivity contribution in [2.24, 2.45) is 0 Å². The predicted molar refractivity (Wildman–Crippen MR) is 102 cm³/mol. The Morgan fingerprint density at radius 2 is 1.82 bits per heavy atom. The van der Waals surface area contributed by atoms with Crippen LogP contribution in [0, 0.1) is 0 Å². The number of carbonyl (C=O) groups is 3. The van der Waals surface area contributed by atoms with Crippen LogP contribution in [-0.4, -0.2) is 43.3 Å². The average molecular weight is 390 g/mol. The Balaban J connectivity index is 2.12. The second-order valence-electron chi connectivity index (χ2n) is 6.11. The highest BCUT2D eigenvalue weighted by Gasteiger charge is 2.32. The van der Waals surface area contributed by atoms with Gasteiger partial charge in [0.1, 0.15) is 12.4 Å². The fraction of sp³-hybridized carbons (Fsp3) is 0.450. The molecule has 0 aliphatic carbocycles. The fourth-order valence-corrected chi connectivity index (χ4v) is 2.77. The lowest BCUT2D eigenvalue weighted by molar-refractivity contribution is -0.151. The highest BCUT2D eigenvalue weighted by atomic mass is 16.6. The van der Waals surface area contributed by atoms with Crippen molar-refractivity contribution < 1.29 is 28.6 Å². The largest absolute Gasteiger partial charge is 0.479 e. The molecule has 0 saturated carbocycles. The molecule has 2 N–H and O–H groups in total. The third-order valence-electron chi connectivity index (χ3n) is 4.16. The minimum atomic E-state index is -0.798. The molecule has 0 saturated heterocycles. The number of urea groups is 1. The van der Waals surface area contributed by atoms with E-state index in [-0.39, 0.29) is 24.5 Å². The van der Waals surface area contributed by atoms with Crippen LogP contribution >= 0.6 is 0 Å². The normalized spacial score (nSPS) is 17.2. The summed E-state index contributed by atoms with van der Waals surface area (Å²) in [6.45, 7) is 5.27. The number of amides is 2. The summed E-state index contributed by atoms with van der Waals surface area (Å²) in [7, 11) is 0. The molecule has 0 fully saturated rings. The van der Waals surface area contributed by atoms with Gasteiger partial charge in [0.05, 0.1) is 23.9 Å². The second-order valence-corrected chi connectivity index (χ2v) is 6.11. The van der Waals surface area contributed by atoms with E-state index in [1.807, 2.05) is 13.0 Å². The number of carbonyl (C=O) groups excluding carboxylic acids is 3. The van der Waals surface area contributed by atoms with Gasteiger partial charge >= 0.3 is 18.0 Å². The summed E-state index contributed by atoms with van der Waals surface area (Å²) in [5, 5.41) is 5.21. The van der Waals surface area contributed by atoms with Gasteiger partial charge in [-0.2, -0.15) is 0 Å². The molecule has 8 heteroatoms. The first-order valence-corrected chi connectivity index (χ1v) is 9.36. The van der Waals surface area contributed by atoms with Crippen LogP contribution in [0.15, 0.2) is 41.6 Å². The summed E-state index contributed by atoms with van der Waals surface area (Å²) < 4.78 is 16.1. The first-order valence-electron chi connectivity index (χ1n) is 9.36. The number of para-hydroxylation sites is 1. The monoisotopic (exact) mass is 390 g/mol. The molecule has 1 aromatic carbocycles. The van der Waals surface area contributed by atoms with E-state index in [4.69, 9.17) is 14.2 Å². The van der Waals surface area contributed by atoms with Crippen molar-refractivity contribution >= 4 is 18.0 Å². The summed E-state index contributed by atoms with van der Waals surface area (Å²) in [4.78, 5) is 36.6. The minimum absolute atomic E-state index is 0.197. The van der Waals surface area contributed by atoms with E-state index in [0.29, 0.717) is 18.6 Å². The van der Waals surface area contributed by atoms with Crippen LogP contribution in [0.3, 0.4) is 0 Å². The molecular formula is C20H26N2O6. The molecule has 1 aromatic rings. The van der Waals surface area contributed by atoms with E-state index in [1.165, 1.54) is 0 Å². The van der Waals surface area contributed by atoms with E-state index in [0.717, 1.165) is 0 Å². The van der Waals surface area contributed by atoms with Gasteiger partial charge in [-0.15, -0.1) is 0 Å². The van der Waals surface area contributed by atoms with Crippen LogP contribution < -0.4 is 15.4 Å². The zero-order valence-electron chi connectivity index (χ0n) is 16.3. The van der Waals surface area contributed by atoms with Gasteiger partial charge in [-0.05, 0) is 31.9 Å². The molecular weight excluding hydrogens is 364 g/mol. The van der Waals surface area contributed by atoms with E-state index >= 15 is 0 Å². The molecule has 28 heavy (non-hydrogen) atoms. The highest BCUT2D eigenvalue weighted by Crippen LogP contribution is 2.18. The van der Waals surface area contributed by atoms with Crippen molar-refractivity contribution in [1.82, 2.24) is 10.6 Å². The summed E-state index contributed by atoms with van der Waals surface area (Å²) >= 11 is 0. The average Bonchev–Trinajstić information content (AvgIpc) is 2.70. The molecule has 0 unspecified atom stereocenters. The van der Waals surface area contributed by atoms with Gasteiger partial charge in [0, 0.05) is 0 Å². The summed E-state index contributed by atoms with van der Waals surface area (Å²) in [6, 6.07) is 7.98. The maximum atomic E-state index is 12.4. The van der Waals surface area contributed by atoms with Crippen LogP contribution in [0.2, 0.25) is 0 Å². The van der Waals surface area contributed by atoms with E-state index in [1.54, 1.807) is 38.1 Å². The van der Waals surface area contributed by atoms with Crippen molar-refractivity contribution in [2.45, 2.75) is 45.8 Å². The van der Waals surface area contributed by atoms with Crippen LogP contribution in [0.4, 0.5) is 4.79 Å². The number of nitrogens with one attached hydrogen (secondary N) is 2. The van der Waals surface area contributed by atoms with Crippen molar-refractivity contribution in [1.29, 1.82) is 0 Å². The van der Waals surface area contributed by atoms with Gasteiger partial charge in [-0.25, -0.2) is 14.4 Å². The highest BCUT2D eigenvalue weighted by molar-refractivity contribution is 5.95. The molecule has 1 aliphatic heterocycles. The SMILES string of the molecule is CCOC(=O)C1=C(COC(=O)[C@@H](CC)Oc2ccccc2)NC(=O)N[C@H]1CC. The van der Waals surface area contributed by atoms with E-state index in [2.05, 4.69) is 10.6 Å². The smallest absolute Gasteiger partial charge is 0.347 e. The third kappa shape index (κ3) is 5.48. The van der Waals surface area contributed by atoms with Gasteiger partial charge in [-0.3, -0.25) is 0 Å². The van der Waals surface area contributed by atoms with Crippen LogP contribution in [0.1, 0.15) is 33.6 Å². The lowest BCUT2D eigenvalue weighted by Crippen LogP contribution is -2.51. The molecule has 2 rings (SSSR count). The number of hydrogen-bond acceptors (Lipinski definition) is 6. The number of esters is 2. The lowest BCUT2D eigenvalue weighted by atomic mass is 10.0. The number of benzene rings is 1. The molecule has 1 heterocycles. The van der Waals surface area contributed by atoms with Crippen LogP contribution in [-0.2, 0) is 19.1 Å². The Kier molecular flexibility index (Phi) is 7.86. The Hall–Kier alpha value is -3.03. The molecule has 1 aliphatic rings. The van der Waals surface area contributed by atoms with Crippen LogP contribution in [0.5, 0.6) is 5.75 Å². The maximum Gasteiger partial charge on any atom is 0.347 e. The van der Waals surface area contributed by atoms with Gasteiger partial charge < -0.3 is 24.8 Å². The van der Waals surface area contributed by atoms with Gasteiger partial charge in [-0.1, -0.05) is 32.0 Å². The van der Waals surface area contributed by atoms with Crippen molar-refractivity contribution in [3.05, 3.63) is 41.6 Å². The minimum Gasteiger partial charge on any atom is -0.479 e. The fourth-order valence-electron chi connectivity index (χ4n) is 2.77. The van der Waals surface area contributed by atoms with E-state index < -0.39 is 30.1 Å². The molecule has 2 amide bonds. The topological polar surface area (TPSA) is 103 Å². The van der Waals surface area contributed by atoms with E-state index in [9.17, 15) is 14.4 Å². The van der Waals surface area contributed by atoms with Gasteiger partial charge in [0.2, 0.25) is 0 Å². The third-order valence-corrected chi connectivity index (χ3v) is 4.16. The Morgan fingerprint density at radius 3 is 2.43 bits per heavy atom. The predicted octanol–water partition coefficient (Wildman–Crippen LogP) is 2.30. The number of ether oxygens (including phenoxy) is 3. The zero-order chi connectivity index (χ0) is 20.5. The second kappa shape index (κ2) is 10.3. The first-order chi connectivity index (χ1) is 13.5. The first kappa shape index (κ1) is 21.3. The number of hydrogen-bond donors (Lipinski definition) is 2. The summed E-state index contributed by atoms with van der Waals surface area (Å²) in [6.07, 6.45) is 0.102. The lowest BCUT2D eigenvalue weighted by Gasteiger charge is -2.28. The quantitative estimate of drug-likeness (QED) is 0.627. The van der Waals surface area contributed by atoms with Crippen molar-refractivity contribution in [3.8, 4) is 5.75 Å². The Labute approximate surface area is 164 Å². The molecule has 8 nitrogen and oxygen atoms in total. The van der Waals surface area contributed by atoms with Crippen molar-refractivity contribution in [2.75, 3.05) is 13.2 Å². The molecule has 0 spiro atoms. The standard InChI is InChI=1S/C20H26N2O6/c1-4-14-17(19(24)26-6-3)15(22-20(25)21-14)12-27-18(23)16(5-2)28-13-10-8-7-9-11-13/h7-11,14,16H,4-6,12H2,1-3H3,(H2,21,22,25)/t14-,16+/m0/s1.